The lowest BCUT2D eigenvalue weighted by molar-refractivity contribution is -0.133. The number of nitrogens with zero attached hydrogens (tertiary/aromatic N) is 2. The number of benzene rings is 2. The highest BCUT2D eigenvalue weighted by atomic mass is 32.2. The molecule has 0 aromatic heterocycles. The van der Waals surface area contributed by atoms with Crippen LogP contribution in [-0.4, -0.2) is 56.2 Å². The van der Waals surface area contributed by atoms with Gasteiger partial charge >= 0.3 is 5.97 Å². The van der Waals surface area contributed by atoms with Gasteiger partial charge in [0, 0.05) is 26.7 Å². The van der Waals surface area contributed by atoms with Crippen LogP contribution in [0, 0.1) is 18.8 Å². The maximum Gasteiger partial charge on any atom is 0.338 e. The Balaban J connectivity index is 1.57. The van der Waals surface area contributed by atoms with Gasteiger partial charge < -0.3 is 9.64 Å². The number of amides is 1. The van der Waals surface area contributed by atoms with Crippen LogP contribution in [0.3, 0.4) is 0 Å². The number of piperidine rings is 1. The summed E-state index contributed by atoms with van der Waals surface area (Å²) in [6.07, 6.45) is 1.01. The summed E-state index contributed by atoms with van der Waals surface area (Å²) in [5.41, 5.74) is 2.30. The summed E-state index contributed by atoms with van der Waals surface area (Å²) < 4.78 is 32.6. The first-order chi connectivity index (χ1) is 15.6. The van der Waals surface area contributed by atoms with Crippen molar-refractivity contribution in [3.8, 4) is 0 Å². The molecule has 1 saturated heterocycles. The number of esters is 1. The average molecular weight is 473 g/mol. The molecular formula is C25H32N2O5S. The molecule has 1 amide bonds. The van der Waals surface area contributed by atoms with Crippen LogP contribution in [0.1, 0.15) is 41.8 Å². The van der Waals surface area contributed by atoms with E-state index < -0.39 is 16.0 Å². The van der Waals surface area contributed by atoms with Gasteiger partial charge in [0.1, 0.15) is 0 Å². The Morgan fingerprint density at radius 3 is 2.24 bits per heavy atom. The number of hydrogen-bond donors (Lipinski definition) is 0. The molecule has 2 aromatic rings. The van der Waals surface area contributed by atoms with Crippen LogP contribution in [0.15, 0.2) is 53.4 Å². The third kappa shape index (κ3) is 6.21. The van der Waals surface area contributed by atoms with Crippen LogP contribution < -0.4 is 0 Å². The number of rotatable bonds is 7. The number of hydrogen-bond acceptors (Lipinski definition) is 5. The highest BCUT2D eigenvalue weighted by Gasteiger charge is 2.31. The molecule has 33 heavy (non-hydrogen) atoms. The first-order valence-electron chi connectivity index (χ1n) is 11.1. The second-order valence-electron chi connectivity index (χ2n) is 9.04. The van der Waals surface area contributed by atoms with E-state index in [1.54, 1.807) is 7.05 Å². The van der Waals surface area contributed by atoms with Crippen LogP contribution in [0.4, 0.5) is 0 Å². The third-order valence-electron chi connectivity index (χ3n) is 5.98. The lowest BCUT2D eigenvalue weighted by atomic mass is 9.94. The molecule has 1 aliphatic rings. The fourth-order valence-corrected chi connectivity index (χ4v) is 5.85. The standard InChI is InChI=1S/C25H32N2O5S/c1-18-13-19(2)15-27(14-18)33(30,31)23-11-9-21(10-12-23)25(29)32-17-24(28)26(4)16-22-8-6-5-7-20(22)3/h5-12,18-19H,13-17H2,1-4H3. The van der Waals surface area contributed by atoms with E-state index in [4.69, 9.17) is 4.74 Å². The molecule has 7 nitrogen and oxygen atoms in total. The number of carbonyl (C=O) groups is 2. The Morgan fingerprint density at radius 2 is 1.64 bits per heavy atom. The lowest BCUT2D eigenvalue weighted by Crippen LogP contribution is -2.42. The fourth-order valence-electron chi connectivity index (χ4n) is 4.17. The minimum absolute atomic E-state index is 0.148. The van der Waals surface area contributed by atoms with Gasteiger partial charge in [-0.25, -0.2) is 13.2 Å². The largest absolute Gasteiger partial charge is 0.452 e. The summed E-state index contributed by atoms with van der Waals surface area (Å²) in [6, 6.07) is 13.5. The molecule has 1 heterocycles. The van der Waals surface area contributed by atoms with Crippen molar-refractivity contribution in [2.45, 2.75) is 38.6 Å². The van der Waals surface area contributed by atoms with Crippen molar-refractivity contribution in [1.82, 2.24) is 9.21 Å². The lowest BCUT2D eigenvalue weighted by Gasteiger charge is -2.34. The maximum absolute atomic E-state index is 13.0. The molecule has 2 aromatic carbocycles. The predicted octanol–water partition coefficient (Wildman–Crippen LogP) is 3.48. The Morgan fingerprint density at radius 1 is 1.03 bits per heavy atom. The molecule has 0 N–H and O–H groups in total. The first-order valence-corrected chi connectivity index (χ1v) is 12.6. The van der Waals surface area contributed by atoms with Crippen molar-refractivity contribution in [2.24, 2.45) is 11.8 Å². The molecule has 0 spiro atoms. The zero-order valence-corrected chi connectivity index (χ0v) is 20.5. The topological polar surface area (TPSA) is 84.0 Å². The van der Waals surface area contributed by atoms with Gasteiger partial charge in [-0.15, -0.1) is 0 Å². The molecule has 0 aliphatic carbocycles. The van der Waals surface area contributed by atoms with E-state index in [-0.39, 0.29) is 23.0 Å². The van der Waals surface area contributed by atoms with Crippen LogP contribution in [0.2, 0.25) is 0 Å². The monoisotopic (exact) mass is 472 g/mol. The van der Waals surface area contributed by atoms with Gasteiger partial charge in [0.2, 0.25) is 10.0 Å². The van der Waals surface area contributed by atoms with Crippen molar-refractivity contribution < 1.29 is 22.7 Å². The minimum Gasteiger partial charge on any atom is -0.452 e. The normalized spacial score (nSPS) is 19.2. The summed E-state index contributed by atoms with van der Waals surface area (Å²) >= 11 is 0. The number of carbonyl (C=O) groups excluding carboxylic acids is 2. The van der Waals surface area contributed by atoms with Crippen LogP contribution in [0.5, 0.6) is 0 Å². The molecule has 3 rings (SSSR count). The van der Waals surface area contributed by atoms with E-state index in [0.29, 0.717) is 31.5 Å². The zero-order chi connectivity index (χ0) is 24.2. The fraction of sp³-hybridized carbons (Fsp3) is 0.440. The van der Waals surface area contributed by atoms with Gasteiger partial charge in [0.15, 0.2) is 6.61 Å². The summed E-state index contributed by atoms with van der Waals surface area (Å²) in [6.45, 7) is 7.11. The number of aryl methyl sites for hydroxylation is 1. The summed E-state index contributed by atoms with van der Waals surface area (Å²) in [5.74, 6) is -0.380. The summed E-state index contributed by atoms with van der Waals surface area (Å²) in [4.78, 5) is 26.4. The molecule has 1 aliphatic heterocycles. The van der Waals surface area contributed by atoms with E-state index >= 15 is 0 Å². The molecule has 2 unspecified atom stereocenters. The first kappa shape index (κ1) is 24.9. The molecule has 1 fully saturated rings. The third-order valence-corrected chi connectivity index (χ3v) is 7.83. The molecule has 178 valence electrons. The van der Waals surface area contributed by atoms with Crippen molar-refractivity contribution in [1.29, 1.82) is 0 Å². The highest BCUT2D eigenvalue weighted by Crippen LogP contribution is 2.26. The van der Waals surface area contributed by atoms with Crippen LogP contribution >= 0.6 is 0 Å². The second kappa shape index (κ2) is 10.5. The molecule has 0 saturated carbocycles. The van der Waals surface area contributed by atoms with Gasteiger partial charge in [-0.3, -0.25) is 4.79 Å². The zero-order valence-electron chi connectivity index (χ0n) is 19.7. The average Bonchev–Trinajstić information content (AvgIpc) is 2.78. The van der Waals surface area contributed by atoms with E-state index in [1.165, 1.54) is 33.5 Å². The van der Waals surface area contributed by atoms with Gasteiger partial charge in [-0.2, -0.15) is 4.31 Å². The van der Waals surface area contributed by atoms with Gasteiger partial charge in [-0.05, 0) is 60.6 Å². The number of ether oxygens (including phenoxy) is 1. The van der Waals surface area contributed by atoms with Gasteiger partial charge in [0.25, 0.3) is 5.91 Å². The predicted molar refractivity (Wildman–Crippen MR) is 126 cm³/mol. The molecule has 0 bridgehead atoms. The Hall–Kier alpha value is -2.71. The molecular weight excluding hydrogens is 440 g/mol. The Bertz CT molecular complexity index is 1090. The Labute approximate surface area is 196 Å². The van der Waals surface area contributed by atoms with Crippen molar-refractivity contribution in [2.75, 3.05) is 26.7 Å². The highest BCUT2D eigenvalue weighted by molar-refractivity contribution is 7.89. The second-order valence-corrected chi connectivity index (χ2v) is 11.0. The number of sulfonamides is 1. The Kier molecular flexibility index (Phi) is 7.92. The maximum atomic E-state index is 13.0. The number of likely N-dealkylation sites (N-methyl/N-ethyl adjacent to an activating group) is 1. The van der Waals surface area contributed by atoms with Crippen molar-refractivity contribution in [3.63, 3.8) is 0 Å². The molecule has 8 heteroatoms. The van der Waals surface area contributed by atoms with Gasteiger partial charge in [0.05, 0.1) is 10.5 Å². The van der Waals surface area contributed by atoms with E-state index in [2.05, 4.69) is 13.8 Å². The minimum atomic E-state index is -3.62. The van der Waals surface area contributed by atoms with E-state index in [0.717, 1.165) is 17.5 Å². The smallest absolute Gasteiger partial charge is 0.338 e. The molecule has 2 atom stereocenters. The van der Waals surface area contributed by atoms with E-state index in [9.17, 15) is 18.0 Å². The van der Waals surface area contributed by atoms with E-state index in [1.807, 2.05) is 31.2 Å². The van der Waals surface area contributed by atoms with Crippen molar-refractivity contribution in [3.05, 3.63) is 65.2 Å². The SMILES string of the molecule is Cc1ccccc1CN(C)C(=O)COC(=O)c1ccc(S(=O)(=O)N2CC(C)CC(C)C2)cc1. The quantitative estimate of drug-likeness (QED) is 0.576. The van der Waals surface area contributed by atoms with Crippen molar-refractivity contribution >= 4 is 21.9 Å². The van der Waals surface area contributed by atoms with Gasteiger partial charge in [-0.1, -0.05) is 38.1 Å². The van der Waals surface area contributed by atoms with Crippen LogP contribution in [-0.2, 0) is 26.1 Å². The molecule has 0 radical (unpaired) electrons. The van der Waals surface area contributed by atoms with Crippen LogP contribution in [0.25, 0.3) is 0 Å². The summed E-state index contributed by atoms with van der Waals surface area (Å²) in [7, 11) is -1.96. The summed E-state index contributed by atoms with van der Waals surface area (Å²) in [5, 5.41) is 0.